The highest BCUT2D eigenvalue weighted by molar-refractivity contribution is 5.20. The molecule has 0 radical (unpaired) electrons. The second kappa shape index (κ2) is 7.09. The summed E-state index contributed by atoms with van der Waals surface area (Å²) in [6.07, 6.45) is -1.24. The minimum atomic E-state index is -4.24. The summed E-state index contributed by atoms with van der Waals surface area (Å²) < 4.78 is 40.8. The lowest BCUT2D eigenvalue weighted by Crippen LogP contribution is -2.25. The minimum Gasteiger partial charge on any atom is -0.372 e. The molecule has 0 saturated heterocycles. The van der Waals surface area contributed by atoms with Crippen LogP contribution in [0.5, 0.6) is 0 Å². The third-order valence-electron chi connectivity index (χ3n) is 3.38. The van der Waals surface area contributed by atoms with Gasteiger partial charge in [0.2, 0.25) is 0 Å². The molecule has 1 unspecified atom stereocenters. The molecule has 1 atom stereocenters. The highest BCUT2D eigenvalue weighted by Crippen LogP contribution is 2.23. The van der Waals surface area contributed by atoms with E-state index in [0.29, 0.717) is 12.5 Å². The number of rotatable bonds is 8. The number of ether oxygens (including phenoxy) is 1. The van der Waals surface area contributed by atoms with Crippen molar-refractivity contribution in [3.8, 4) is 0 Å². The maximum absolute atomic E-state index is 12.0. The Balaban J connectivity index is 1.79. The average Bonchev–Trinajstić information content (AvgIpc) is 3.22. The first-order chi connectivity index (χ1) is 9.54. The lowest BCUT2D eigenvalue weighted by molar-refractivity contribution is -0.174. The van der Waals surface area contributed by atoms with Crippen LogP contribution in [-0.4, -0.2) is 32.0 Å². The number of nitrogens with one attached hydrogen (secondary N) is 1. The van der Waals surface area contributed by atoms with Crippen LogP contribution in [0.1, 0.15) is 30.7 Å². The molecule has 2 rings (SSSR count). The van der Waals surface area contributed by atoms with Crippen molar-refractivity contribution in [2.75, 3.05) is 19.8 Å². The second-order valence-electron chi connectivity index (χ2n) is 5.25. The molecule has 2 nitrogen and oxygen atoms in total. The smallest absolute Gasteiger partial charge is 0.372 e. The Hall–Kier alpha value is -1.07. The van der Waals surface area contributed by atoms with Crippen LogP contribution in [0.4, 0.5) is 13.2 Å². The first-order valence-corrected chi connectivity index (χ1v) is 6.97. The maximum Gasteiger partial charge on any atom is 0.411 e. The van der Waals surface area contributed by atoms with E-state index >= 15 is 0 Å². The zero-order valence-electron chi connectivity index (χ0n) is 11.3. The molecule has 0 aromatic heterocycles. The van der Waals surface area contributed by atoms with E-state index in [4.69, 9.17) is 4.74 Å². The van der Waals surface area contributed by atoms with Crippen molar-refractivity contribution in [3.05, 3.63) is 35.9 Å². The van der Waals surface area contributed by atoms with Crippen molar-refractivity contribution < 1.29 is 17.9 Å². The fraction of sp³-hybridized carbons (Fsp3) is 0.600. The Morgan fingerprint density at radius 2 is 1.90 bits per heavy atom. The summed E-state index contributed by atoms with van der Waals surface area (Å²) in [6.45, 7) is -0.236. The van der Waals surface area contributed by atoms with Crippen molar-refractivity contribution >= 4 is 0 Å². The maximum atomic E-state index is 12.0. The first-order valence-electron chi connectivity index (χ1n) is 6.97. The molecule has 5 heteroatoms. The molecular weight excluding hydrogens is 267 g/mol. The fourth-order valence-electron chi connectivity index (χ4n) is 2.12. The van der Waals surface area contributed by atoms with Crippen LogP contribution >= 0.6 is 0 Å². The highest BCUT2D eigenvalue weighted by Gasteiger charge is 2.27. The number of alkyl halides is 3. The zero-order valence-corrected chi connectivity index (χ0v) is 11.3. The van der Waals surface area contributed by atoms with E-state index in [1.165, 1.54) is 12.8 Å². The van der Waals surface area contributed by atoms with Gasteiger partial charge in [0.25, 0.3) is 0 Å². The van der Waals surface area contributed by atoms with E-state index in [1.807, 2.05) is 30.3 Å². The Morgan fingerprint density at radius 3 is 2.50 bits per heavy atom. The van der Waals surface area contributed by atoms with Crippen LogP contribution < -0.4 is 5.32 Å². The molecule has 0 amide bonds. The Morgan fingerprint density at radius 1 is 1.20 bits per heavy atom. The number of halogens is 3. The number of hydrogen-bond donors (Lipinski definition) is 1. The first kappa shape index (κ1) is 15.3. The van der Waals surface area contributed by atoms with Crippen molar-refractivity contribution in [2.45, 2.75) is 37.4 Å². The standard InChI is InChI=1S/C15H20F3NO/c16-15(17,18)11-20-9-8-13(10-19-14-6-7-14)12-4-2-1-3-5-12/h1-5,13-14,19H,6-11H2. The lowest BCUT2D eigenvalue weighted by atomic mass is 9.96. The van der Waals surface area contributed by atoms with Gasteiger partial charge in [0.1, 0.15) is 6.61 Å². The minimum absolute atomic E-state index is 0.130. The van der Waals surface area contributed by atoms with Crippen molar-refractivity contribution in [1.29, 1.82) is 0 Å². The Kier molecular flexibility index (Phi) is 5.43. The van der Waals surface area contributed by atoms with Gasteiger partial charge in [-0.05, 0) is 30.7 Å². The predicted molar refractivity (Wildman–Crippen MR) is 71.7 cm³/mol. The predicted octanol–water partition coefficient (Wildman–Crippen LogP) is 3.49. The fourth-order valence-corrected chi connectivity index (χ4v) is 2.12. The van der Waals surface area contributed by atoms with Crippen LogP contribution in [0.15, 0.2) is 30.3 Å². The molecule has 0 aliphatic heterocycles. The molecule has 20 heavy (non-hydrogen) atoms. The zero-order chi connectivity index (χ0) is 14.4. The van der Waals surface area contributed by atoms with Crippen LogP contribution in [0.25, 0.3) is 0 Å². The van der Waals surface area contributed by atoms with Gasteiger partial charge in [0.05, 0.1) is 0 Å². The van der Waals surface area contributed by atoms with Gasteiger partial charge in [0, 0.05) is 19.2 Å². The second-order valence-corrected chi connectivity index (χ2v) is 5.25. The SMILES string of the molecule is FC(F)(F)COCCC(CNC1CC1)c1ccccc1. The van der Waals surface area contributed by atoms with Crippen molar-refractivity contribution in [2.24, 2.45) is 0 Å². The van der Waals surface area contributed by atoms with E-state index in [0.717, 1.165) is 12.1 Å². The van der Waals surface area contributed by atoms with Gasteiger partial charge < -0.3 is 10.1 Å². The summed E-state index contributed by atoms with van der Waals surface area (Å²) in [6, 6.07) is 10.5. The monoisotopic (exact) mass is 287 g/mol. The molecule has 0 bridgehead atoms. The molecule has 1 aliphatic rings. The van der Waals surface area contributed by atoms with E-state index in [1.54, 1.807) is 0 Å². The van der Waals surface area contributed by atoms with Crippen molar-refractivity contribution in [1.82, 2.24) is 5.32 Å². The average molecular weight is 287 g/mol. The quantitative estimate of drug-likeness (QED) is 0.739. The topological polar surface area (TPSA) is 21.3 Å². The molecule has 1 fully saturated rings. The van der Waals surface area contributed by atoms with Crippen LogP contribution in [-0.2, 0) is 4.74 Å². The third kappa shape index (κ3) is 5.92. The van der Waals surface area contributed by atoms with Crippen LogP contribution in [0.2, 0.25) is 0 Å². The molecule has 1 aromatic carbocycles. The largest absolute Gasteiger partial charge is 0.411 e. The van der Waals surface area contributed by atoms with Gasteiger partial charge in [-0.25, -0.2) is 0 Å². The summed E-state index contributed by atoms with van der Waals surface area (Å²) in [7, 11) is 0. The van der Waals surface area contributed by atoms with Gasteiger partial charge in [0.15, 0.2) is 0 Å². The molecule has 1 aromatic rings. The molecule has 0 heterocycles. The Bertz CT molecular complexity index is 390. The van der Waals surface area contributed by atoms with Gasteiger partial charge in [-0.3, -0.25) is 0 Å². The summed E-state index contributed by atoms with van der Waals surface area (Å²) in [4.78, 5) is 0. The molecule has 112 valence electrons. The normalized spacial score (nSPS) is 17.1. The van der Waals surface area contributed by atoms with E-state index in [-0.39, 0.29) is 12.5 Å². The highest BCUT2D eigenvalue weighted by atomic mass is 19.4. The van der Waals surface area contributed by atoms with Crippen LogP contribution in [0.3, 0.4) is 0 Å². The van der Waals surface area contributed by atoms with E-state index < -0.39 is 12.8 Å². The van der Waals surface area contributed by atoms with Gasteiger partial charge in [-0.2, -0.15) is 13.2 Å². The van der Waals surface area contributed by atoms with Gasteiger partial charge in [-0.15, -0.1) is 0 Å². The number of hydrogen-bond acceptors (Lipinski definition) is 2. The Labute approximate surface area is 117 Å². The van der Waals surface area contributed by atoms with E-state index in [9.17, 15) is 13.2 Å². The summed E-state index contributed by atoms with van der Waals surface area (Å²) in [5, 5.41) is 3.43. The summed E-state index contributed by atoms with van der Waals surface area (Å²) in [5.74, 6) is 0.199. The van der Waals surface area contributed by atoms with Gasteiger partial charge in [-0.1, -0.05) is 30.3 Å². The third-order valence-corrected chi connectivity index (χ3v) is 3.38. The summed E-state index contributed by atoms with van der Waals surface area (Å²) >= 11 is 0. The van der Waals surface area contributed by atoms with Crippen LogP contribution in [0, 0.1) is 0 Å². The summed E-state index contributed by atoms with van der Waals surface area (Å²) in [5.41, 5.74) is 1.15. The molecular formula is C15H20F3NO. The number of benzene rings is 1. The lowest BCUT2D eigenvalue weighted by Gasteiger charge is -2.18. The van der Waals surface area contributed by atoms with E-state index in [2.05, 4.69) is 5.32 Å². The molecule has 1 N–H and O–H groups in total. The molecule has 1 saturated carbocycles. The molecule has 0 spiro atoms. The molecule has 1 aliphatic carbocycles. The van der Waals surface area contributed by atoms with Gasteiger partial charge >= 0.3 is 6.18 Å². The van der Waals surface area contributed by atoms with Crippen molar-refractivity contribution in [3.63, 3.8) is 0 Å².